The lowest BCUT2D eigenvalue weighted by Gasteiger charge is -2.24. The minimum atomic E-state index is -0.0811. The molecule has 1 aliphatic heterocycles. The molecule has 0 radical (unpaired) electrons. The van der Waals surface area contributed by atoms with Crippen LogP contribution in [0.25, 0.3) is 0 Å². The summed E-state index contributed by atoms with van der Waals surface area (Å²) >= 11 is 13.0. The molecule has 3 rings (SSSR count). The fourth-order valence-electron chi connectivity index (χ4n) is 2.28. The van der Waals surface area contributed by atoms with E-state index in [-0.39, 0.29) is 12.3 Å². The van der Waals surface area contributed by atoms with Gasteiger partial charge in [0.25, 0.3) is 0 Å². The lowest BCUT2D eigenvalue weighted by molar-refractivity contribution is 1.77. The van der Waals surface area contributed by atoms with Crippen LogP contribution in [-0.4, -0.2) is 12.3 Å². The molecule has 2 aromatic carbocycles. The van der Waals surface area contributed by atoms with Gasteiger partial charge in [-0.2, -0.15) is 22.9 Å². The summed E-state index contributed by atoms with van der Waals surface area (Å²) in [5.41, 5.74) is 4.51. The quantitative estimate of drug-likeness (QED) is 0.599. The Kier molecular flexibility index (Phi) is 2.49. The highest BCUT2D eigenvalue weighted by atomic mass is 35.5. The summed E-state index contributed by atoms with van der Waals surface area (Å²) in [4.78, 5) is 0. The van der Waals surface area contributed by atoms with Crippen molar-refractivity contribution in [1.82, 2.24) is 0 Å². The van der Waals surface area contributed by atoms with Crippen molar-refractivity contribution in [2.45, 2.75) is 0 Å². The summed E-state index contributed by atoms with van der Waals surface area (Å²) in [6.07, 6.45) is -0.162. The Bertz CT molecular complexity index is 447. The highest BCUT2D eigenvalue weighted by Gasteiger charge is 2.34. The second-order valence-corrected chi connectivity index (χ2v) is 4.86. The van der Waals surface area contributed by atoms with E-state index in [2.05, 4.69) is 24.3 Å². The normalized spacial score (nSPS) is 13.4. The van der Waals surface area contributed by atoms with E-state index in [9.17, 15) is 0 Å². The lowest BCUT2D eigenvalue weighted by Crippen LogP contribution is -2.65. The van der Waals surface area contributed by atoms with Gasteiger partial charge in [-0.1, -0.05) is 70.4 Å². The van der Waals surface area contributed by atoms with Gasteiger partial charge in [-0.3, -0.25) is 0 Å². The first kappa shape index (κ1) is 10.3. The Balaban J connectivity index is 2.26. The van der Waals surface area contributed by atoms with Crippen LogP contribution in [-0.2, 0) is 0 Å². The molecule has 0 saturated carbocycles. The first-order chi connectivity index (χ1) is 7.79. The molecule has 16 heavy (non-hydrogen) atoms. The summed E-state index contributed by atoms with van der Waals surface area (Å²) in [5, 5.41) is 0. The molecular weight excluding hydrogens is 237 g/mol. The Labute approximate surface area is 106 Å². The van der Waals surface area contributed by atoms with Crippen LogP contribution < -0.4 is 21.9 Å². The minimum absolute atomic E-state index is 0.0811. The summed E-state index contributed by atoms with van der Waals surface area (Å²) in [7, 11) is 0. The van der Waals surface area contributed by atoms with E-state index >= 15 is 0 Å². The third-order valence-corrected chi connectivity index (χ3v) is 4.02. The standard InChI is InChI=1S/C12H8B2Cl2/c15-13-9-5-1-2-6-10(9)14(16)12-8-4-3-7-11(12)13/h1-8H. The van der Waals surface area contributed by atoms with Crippen molar-refractivity contribution in [3.05, 3.63) is 48.5 Å². The maximum absolute atomic E-state index is 6.48. The molecule has 0 saturated heterocycles. The molecule has 76 valence electrons. The average molecular weight is 245 g/mol. The van der Waals surface area contributed by atoms with Crippen LogP contribution in [0.15, 0.2) is 48.5 Å². The van der Waals surface area contributed by atoms with Gasteiger partial charge in [0.1, 0.15) is 0 Å². The van der Waals surface area contributed by atoms with Crippen molar-refractivity contribution in [1.29, 1.82) is 0 Å². The van der Waals surface area contributed by atoms with Crippen molar-refractivity contribution < 1.29 is 0 Å². The van der Waals surface area contributed by atoms with Gasteiger partial charge in [-0.25, -0.2) is 0 Å². The van der Waals surface area contributed by atoms with Crippen LogP contribution in [0.2, 0.25) is 0 Å². The van der Waals surface area contributed by atoms with E-state index in [1.165, 1.54) is 0 Å². The van der Waals surface area contributed by atoms with Gasteiger partial charge in [0.15, 0.2) is 0 Å². The molecule has 0 amide bonds. The fourth-order valence-corrected chi connectivity index (χ4v) is 3.08. The number of halogens is 2. The molecule has 1 heterocycles. The van der Waals surface area contributed by atoms with E-state index in [1.807, 2.05) is 24.3 Å². The number of fused-ring (bicyclic) bond motifs is 2. The van der Waals surface area contributed by atoms with E-state index in [0.717, 1.165) is 21.9 Å². The van der Waals surface area contributed by atoms with Crippen molar-refractivity contribution in [3.63, 3.8) is 0 Å². The van der Waals surface area contributed by atoms with Crippen LogP contribution in [0, 0.1) is 0 Å². The van der Waals surface area contributed by atoms with E-state index < -0.39 is 0 Å². The number of benzene rings is 2. The first-order valence-corrected chi connectivity index (χ1v) is 6.12. The fraction of sp³-hybridized carbons (Fsp3) is 0. The summed E-state index contributed by atoms with van der Waals surface area (Å²) < 4.78 is 0. The van der Waals surface area contributed by atoms with Crippen LogP contribution in [0.1, 0.15) is 0 Å². The largest absolute Gasteiger partial charge is 0.314 e. The zero-order valence-electron chi connectivity index (χ0n) is 8.53. The summed E-state index contributed by atoms with van der Waals surface area (Å²) in [5.74, 6) is 0. The molecular formula is C12H8B2Cl2. The Morgan fingerprint density at radius 1 is 0.562 bits per heavy atom. The number of rotatable bonds is 0. The molecule has 0 aromatic heterocycles. The zero-order valence-corrected chi connectivity index (χ0v) is 10.0. The van der Waals surface area contributed by atoms with Crippen LogP contribution in [0.4, 0.5) is 0 Å². The summed E-state index contributed by atoms with van der Waals surface area (Å²) in [6, 6.07) is 16.2. The smallest absolute Gasteiger partial charge is 0.182 e. The molecule has 0 N–H and O–H groups in total. The summed E-state index contributed by atoms with van der Waals surface area (Å²) in [6.45, 7) is 0. The highest BCUT2D eigenvalue weighted by Crippen LogP contribution is 2.03. The monoisotopic (exact) mass is 244 g/mol. The van der Waals surface area contributed by atoms with Crippen molar-refractivity contribution in [2.75, 3.05) is 0 Å². The third-order valence-electron chi connectivity index (χ3n) is 3.08. The number of hydrogen-bond acceptors (Lipinski definition) is 0. The molecule has 0 unspecified atom stereocenters. The van der Waals surface area contributed by atoms with Gasteiger partial charge in [-0.05, 0) is 0 Å². The predicted molar refractivity (Wildman–Crippen MR) is 74.6 cm³/mol. The van der Waals surface area contributed by atoms with Gasteiger partial charge in [-0.15, -0.1) is 0 Å². The lowest BCUT2D eigenvalue weighted by atomic mass is 9.42. The molecule has 0 spiro atoms. The number of hydrogen-bond donors (Lipinski definition) is 0. The Morgan fingerprint density at radius 3 is 1.06 bits per heavy atom. The average Bonchev–Trinajstić information content (AvgIpc) is 2.36. The Morgan fingerprint density at radius 2 is 0.812 bits per heavy atom. The highest BCUT2D eigenvalue weighted by molar-refractivity contribution is 7.32. The van der Waals surface area contributed by atoms with Crippen molar-refractivity contribution in [3.8, 4) is 0 Å². The van der Waals surface area contributed by atoms with Gasteiger partial charge >= 0.3 is 12.3 Å². The maximum atomic E-state index is 6.48. The minimum Gasteiger partial charge on any atom is -0.182 e. The van der Waals surface area contributed by atoms with Crippen LogP contribution in [0.3, 0.4) is 0 Å². The first-order valence-electron chi connectivity index (χ1n) is 5.25. The van der Waals surface area contributed by atoms with Gasteiger partial charge in [0.2, 0.25) is 0 Å². The van der Waals surface area contributed by atoms with E-state index in [1.54, 1.807) is 0 Å². The van der Waals surface area contributed by atoms with Crippen LogP contribution in [0.5, 0.6) is 0 Å². The molecule has 0 nitrogen and oxygen atoms in total. The van der Waals surface area contributed by atoms with E-state index in [0.29, 0.717) is 0 Å². The molecule has 0 bridgehead atoms. The predicted octanol–water partition coefficient (Wildman–Crippen LogP) is 0.689. The topological polar surface area (TPSA) is 0 Å². The maximum Gasteiger partial charge on any atom is 0.314 e. The van der Waals surface area contributed by atoms with Gasteiger partial charge in [0.05, 0.1) is 0 Å². The molecule has 0 atom stereocenters. The second kappa shape index (κ2) is 3.87. The SMILES string of the molecule is ClB1c2ccccc2B(Cl)c2ccccc21. The molecule has 0 aliphatic carbocycles. The van der Waals surface area contributed by atoms with Crippen molar-refractivity contribution in [2.24, 2.45) is 0 Å². The molecule has 1 aliphatic rings. The molecule has 0 fully saturated rings. The van der Waals surface area contributed by atoms with Gasteiger partial charge < -0.3 is 0 Å². The molecule has 4 heteroatoms. The zero-order chi connectivity index (χ0) is 11.1. The Hall–Kier alpha value is -0.850. The molecule has 2 aromatic rings. The van der Waals surface area contributed by atoms with E-state index in [4.69, 9.17) is 22.9 Å². The van der Waals surface area contributed by atoms with Gasteiger partial charge in [0, 0.05) is 0 Å². The van der Waals surface area contributed by atoms with Crippen LogP contribution >= 0.6 is 22.9 Å². The third kappa shape index (κ3) is 1.41. The van der Waals surface area contributed by atoms with Crippen molar-refractivity contribution >= 4 is 57.0 Å². The second-order valence-electron chi connectivity index (χ2n) is 3.98.